The molecule has 3 heterocycles. The highest BCUT2D eigenvalue weighted by atomic mass is 16.2. The third kappa shape index (κ3) is 4.66. The highest BCUT2D eigenvalue weighted by Crippen LogP contribution is 2.26. The van der Waals surface area contributed by atoms with Crippen molar-refractivity contribution in [2.45, 2.75) is 52.6 Å². The summed E-state index contributed by atoms with van der Waals surface area (Å²) in [7, 11) is 0. The monoisotopic (exact) mass is 423 g/mol. The third-order valence-corrected chi connectivity index (χ3v) is 6.23. The van der Waals surface area contributed by atoms with Crippen LogP contribution >= 0.6 is 0 Å². The molecule has 0 radical (unpaired) electrons. The van der Waals surface area contributed by atoms with E-state index in [1.54, 1.807) is 6.20 Å². The van der Waals surface area contributed by atoms with Gasteiger partial charge in [-0.25, -0.2) is 4.68 Å². The Kier molecular flexibility index (Phi) is 6.70. The minimum absolute atomic E-state index is 0.0524. The van der Waals surface area contributed by atoms with Crippen LogP contribution in [0.2, 0.25) is 0 Å². The van der Waals surface area contributed by atoms with Gasteiger partial charge in [-0.05, 0) is 50.8 Å². The predicted molar refractivity (Wildman–Crippen MR) is 124 cm³/mol. The van der Waals surface area contributed by atoms with E-state index < -0.39 is 0 Å². The highest BCUT2D eigenvalue weighted by molar-refractivity contribution is 6.07. The normalized spacial score (nSPS) is 17.4. The molecule has 7 nitrogen and oxygen atoms in total. The van der Waals surface area contributed by atoms with E-state index in [0.717, 1.165) is 61.2 Å². The summed E-state index contributed by atoms with van der Waals surface area (Å²) < 4.78 is 3.34. The van der Waals surface area contributed by atoms with Crippen LogP contribution in [0, 0.1) is 5.92 Å². The topological polar surface area (TPSA) is 72.2 Å². The van der Waals surface area contributed by atoms with Gasteiger partial charge in [0.1, 0.15) is 12.1 Å². The van der Waals surface area contributed by atoms with E-state index in [1.165, 1.54) is 17.5 Å². The molecule has 7 heteroatoms. The largest absolute Gasteiger partial charge is 0.354 e. The van der Waals surface area contributed by atoms with Gasteiger partial charge in [0, 0.05) is 35.9 Å². The number of aromatic nitrogens is 3. The van der Waals surface area contributed by atoms with Crippen LogP contribution in [0.1, 0.15) is 39.5 Å². The molecular weight excluding hydrogens is 390 g/mol. The third-order valence-electron chi connectivity index (χ3n) is 6.23. The van der Waals surface area contributed by atoms with Crippen LogP contribution in [0.4, 0.5) is 0 Å². The van der Waals surface area contributed by atoms with Crippen molar-refractivity contribution in [1.82, 2.24) is 24.6 Å². The van der Waals surface area contributed by atoms with E-state index in [2.05, 4.69) is 33.7 Å². The number of piperidine rings is 1. The molecule has 4 rings (SSSR count). The number of amides is 1. The van der Waals surface area contributed by atoms with Crippen LogP contribution in [0.3, 0.4) is 0 Å². The first-order valence-corrected chi connectivity index (χ1v) is 11.5. The number of nitrogens with zero attached hydrogens (tertiary/aromatic N) is 4. The summed E-state index contributed by atoms with van der Waals surface area (Å²) in [6.45, 7) is 9.03. The lowest BCUT2D eigenvalue weighted by atomic mass is 10.0. The minimum atomic E-state index is -0.209. The van der Waals surface area contributed by atoms with Crippen molar-refractivity contribution in [1.29, 1.82) is 0 Å². The fraction of sp³-hybridized carbons (Fsp3) is 0.542. The lowest BCUT2D eigenvalue weighted by Gasteiger charge is -2.30. The fourth-order valence-corrected chi connectivity index (χ4v) is 4.77. The van der Waals surface area contributed by atoms with Gasteiger partial charge >= 0.3 is 0 Å². The minimum Gasteiger partial charge on any atom is -0.354 e. The smallest absolute Gasteiger partial charge is 0.291 e. The second kappa shape index (κ2) is 9.64. The second-order valence-corrected chi connectivity index (χ2v) is 8.79. The van der Waals surface area contributed by atoms with E-state index in [0.29, 0.717) is 12.1 Å². The van der Waals surface area contributed by atoms with Crippen LogP contribution in [-0.2, 0) is 17.9 Å². The van der Waals surface area contributed by atoms with Crippen molar-refractivity contribution < 1.29 is 4.79 Å². The zero-order chi connectivity index (χ0) is 21.8. The molecule has 1 amide bonds. The summed E-state index contributed by atoms with van der Waals surface area (Å²) in [6.07, 6.45) is 6.14. The van der Waals surface area contributed by atoms with Crippen LogP contribution < -0.4 is 10.9 Å². The number of fused-ring (bicyclic) bond motifs is 3. The molecule has 0 aliphatic carbocycles. The van der Waals surface area contributed by atoms with Gasteiger partial charge in [-0.2, -0.15) is 5.10 Å². The Hall–Kier alpha value is -2.67. The first kappa shape index (κ1) is 21.6. The van der Waals surface area contributed by atoms with E-state index >= 15 is 0 Å². The molecule has 0 unspecified atom stereocenters. The van der Waals surface area contributed by atoms with Gasteiger partial charge in [0.25, 0.3) is 5.56 Å². The maximum atomic E-state index is 13.2. The van der Waals surface area contributed by atoms with Crippen molar-refractivity contribution in [3.8, 4) is 0 Å². The molecule has 0 spiro atoms. The molecule has 1 fully saturated rings. The van der Waals surface area contributed by atoms with E-state index in [1.807, 2.05) is 24.3 Å². The summed E-state index contributed by atoms with van der Waals surface area (Å²) in [4.78, 5) is 28.1. The average molecular weight is 424 g/mol. The van der Waals surface area contributed by atoms with Crippen molar-refractivity contribution in [3.05, 3.63) is 40.8 Å². The van der Waals surface area contributed by atoms with Crippen LogP contribution in [0.25, 0.3) is 21.8 Å². The van der Waals surface area contributed by atoms with Gasteiger partial charge < -0.3 is 14.8 Å². The number of carbonyl (C=O) groups is 1. The fourth-order valence-electron chi connectivity index (χ4n) is 4.77. The number of rotatable bonds is 8. The Labute approximate surface area is 183 Å². The molecule has 1 aliphatic heterocycles. The zero-order valence-corrected chi connectivity index (χ0v) is 18.6. The van der Waals surface area contributed by atoms with E-state index in [-0.39, 0.29) is 18.0 Å². The van der Waals surface area contributed by atoms with Gasteiger partial charge in [-0.1, -0.05) is 32.0 Å². The number of aryl methyl sites for hydroxylation is 1. The lowest BCUT2D eigenvalue weighted by Crippen LogP contribution is -2.38. The van der Waals surface area contributed by atoms with Crippen molar-refractivity contribution in [3.63, 3.8) is 0 Å². The maximum Gasteiger partial charge on any atom is 0.291 e. The summed E-state index contributed by atoms with van der Waals surface area (Å²) >= 11 is 0. The van der Waals surface area contributed by atoms with Gasteiger partial charge in [0.05, 0.1) is 6.20 Å². The Bertz CT molecular complexity index is 1120. The van der Waals surface area contributed by atoms with Crippen molar-refractivity contribution in [2.75, 3.05) is 26.2 Å². The lowest BCUT2D eigenvalue weighted by molar-refractivity contribution is -0.121. The van der Waals surface area contributed by atoms with Gasteiger partial charge in [0.2, 0.25) is 5.91 Å². The number of hydrogen-bond donors (Lipinski definition) is 1. The number of nitrogens with one attached hydrogen (secondary N) is 1. The van der Waals surface area contributed by atoms with Crippen LogP contribution in [-0.4, -0.2) is 51.3 Å². The molecule has 166 valence electrons. The van der Waals surface area contributed by atoms with Crippen molar-refractivity contribution >= 4 is 27.7 Å². The summed E-state index contributed by atoms with van der Waals surface area (Å²) in [6, 6.07) is 8.01. The quantitative estimate of drug-likeness (QED) is 0.566. The molecule has 2 aromatic heterocycles. The number of carbonyl (C=O) groups excluding carboxylic acids is 1. The van der Waals surface area contributed by atoms with E-state index in [4.69, 9.17) is 0 Å². The van der Waals surface area contributed by atoms with Crippen LogP contribution in [0.5, 0.6) is 0 Å². The molecular formula is C24H33N5O2. The summed E-state index contributed by atoms with van der Waals surface area (Å²) in [5.41, 5.74) is 1.46. The van der Waals surface area contributed by atoms with Crippen molar-refractivity contribution in [2.24, 2.45) is 5.92 Å². The average Bonchev–Trinajstić information content (AvgIpc) is 3.08. The molecule has 0 saturated carbocycles. The zero-order valence-electron chi connectivity index (χ0n) is 18.6. The summed E-state index contributed by atoms with van der Waals surface area (Å²) in [5, 5.41) is 9.13. The standard InChI is InChI=1S/C24H33N5O2/c1-3-12-28-21-10-5-4-9-19(21)20-15-26-29(24(31)23(20)28)17-22(30)25-11-7-14-27-13-6-8-18(2)16-27/h4-5,9-10,15,18H,3,6-8,11-14,16-17H2,1-2H3,(H,25,30)/t18-/m0/s1. The highest BCUT2D eigenvalue weighted by Gasteiger charge is 2.17. The molecule has 0 bridgehead atoms. The number of para-hydroxylation sites is 1. The van der Waals surface area contributed by atoms with Gasteiger partial charge in [-0.3, -0.25) is 9.59 Å². The predicted octanol–water partition coefficient (Wildman–Crippen LogP) is 3.00. The Morgan fingerprint density at radius 2 is 2.06 bits per heavy atom. The first-order valence-electron chi connectivity index (χ1n) is 11.5. The Balaban J connectivity index is 1.43. The number of hydrogen-bond acceptors (Lipinski definition) is 4. The SMILES string of the molecule is CCCn1c2ccccc2c2cnn(CC(=O)NCCCN3CCC[C@H](C)C3)c(=O)c21. The number of benzene rings is 1. The molecule has 3 aromatic rings. The Morgan fingerprint density at radius 3 is 2.87 bits per heavy atom. The first-order chi connectivity index (χ1) is 15.1. The van der Waals surface area contributed by atoms with Gasteiger partial charge in [0.15, 0.2) is 0 Å². The summed E-state index contributed by atoms with van der Waals surface area (Å²) in [5.74, 6) is 0.596. The van der Waals surface area contributed by atoms with Crippen LogP contribution in [0.15, 0.2) is 35.3 Å². The second-order valence-electron chi connectivity index (χ2n) is 8.79. The molecule has 31 heavy (non-hydrogen) atoms. The molecule has 1 aliphatic rings. The maximum absolute atomic E-state index is 13.2. The Morgan fingerprint density at radius 1 is 1.23 bits per heavy atom. The van der Waals surface area contributed by atoms with E-state index in [9.17, 15) is 9.59 Å². The number of likely N-dealkylation sites (tertiary alicyclic amines) is 1. The molecule has 1 saturated heterocycles. The molecule has 1 aromatic carbocycles. The van der Waals surface area contributed by atoms with Gasteiger partial charge in [-0.15, -0.1) is 0 Å². The molecule has 1 N–H and O–H groups in total. The molecule has 1 atom stereocenters.